The van der Waals surface area contributed by atoms with Crippen LogP contribution in [0.5, 0.6) is 5.75 Å². The van der Waals surface area contributed by atoms with E-state index in [9.17, 15) is 0 Å². The molecule has 3 heteroatoms. The number of fused-ring (bicyclic) bond motifs is 1. The Morgan fingerprint density at radius 1 is 1.12 bits per heavy atom. The van der Waals surface area contributed by atoms with Crippen LogP contribution in [0.15, 0.2) is 48.5 Å². The van der Waals surface area contributed by atoms with Crippen molar-refractivity contribution in [2.45, 2.75) is 44.2 Å². The van der Waals surface area contributed by atoms with E-state index in [4.69, 9.17) is 9.47 Å². The van der Waals surface area contributed by atoms with Gasteiger partial charge in [-0.15, -0.1) is 0 Å². The monoisotopic (exact) mass is 351 g/mol. The Hall–Kier alpha value is -1.84. The highest BCUT2D eigenvalue weighted by Gasteiger charge is 2.35. The Morgan fingerprint density at radius 3 is 2.77 bits per heavy atom. The van der Waals surface area contributed by atoms with Crippen LogP contribution in [0.25, 0.3) is 0 Å². The molecule has 1 heterocycles. The number of hydrogen-bond acceptors (Lipinski definition) is 3. The van der Waals surface area contributed by atoms with Gasteiger partial charge in [0.15, 0.2) is 0 Å². The molecule has 1 fully saturated rings. The Morgan fingerprint density at radius 2 is 1.96 bits per heavy atom. The van der Waals surface area contributed by atoms with Crippen LogP contribution in [0, 0.1) is 5.92 Å². The molecule has 138 valence electrons. The van der Waals surface area contributed by atoms with Crippen LogP contribution >= 0.6 is 0 Å². The molecule has 1 N–H and O–H groups in total. The van der Waals surface area contributed by atoms with E-state index in [1.165, 1.54) is 42.4 Å². The minimum atomic E-state index is -0.174. The average Bonchev–Trinajstić information content (AvgIpc) is 2.64. The fourth-order valence-electron chi connectivity index (χ4n) is 4.14. The first kappa shape index (κ1) is 17.6. The summed E-state index contributed by atoms with van der Waals surface area (Å²) in [5.41, 5.74) is 3.89. The topological polar surface area (TPSA) is 30.5 Å². The molecule has 1 aliphatic carbocycles. The molecule has 0 aromatic heterocycles. The van der Waals surface area contributed by atoms with E-state index in [1.807, 2.05) is 6.07 Å². The summed E-state index contributed by atoms with van der Waals surface area (Å²) < 4.78 is 11.6. The van der Waals surface area contributed by atoms with Crippen LogP contribution in [-0.2, 0) is 24.1 Å². The molecule has 0 spiro atoms. The number of methoxy groups -OCH3 is 1. The summed E-state index contributed by atoms with van der Waals surface area (Å²) in [5, 5.41) is 3.75. The summed E-state index contributed by atoms with van der Waals surface area (Å²) >= 11 is 0. The molecule has 1 saturated carbocycles. The van der Waals surface area contributed by atoms with Crippen molar-refractivity contribution >= 4 is 0 Å². The van der Waals surface area contributed by atoms with E-state index in [1.54, 1.807) is 7.11 Å². The lowest BCUT2D eigenvalue weighted by Gasteiger charge is -2.38. The first-order chi connectivity index (χ1) is 12.8. The van der Waals surface area contributed by atoms with E-state index >= 15 is 0 Å². The predicted octanol–water partition coefficient (Wildman–Crippen LogP) is 4.14. The first-order valence-electron chi connectivity index (χ1n) is 9.79. The van der Waals surface area contributed by atoms with Crippen molar-refractivity contribution in [1.82, 2.24) is 5.32 Å². The fourth-order valence-corrected chi connectivity index (χ4v) is 4.14. The van der Waals surface area contributed by atoms with Gasteiger partial charge < -0.3 is 14.8 Å². The number of ether oxygens (including phenoxy) is 2. The predicted molar refractivity (Wildman–Crippen MR) is 105 cm³/mol. The van der Waals surface area contributed by atoms with E-state index in [-0.39, 0.29) is 5.54 Å². The van der Waals surface area contributed by atoms with Crippen molar-refractivity contribution in [1.29, 1.82) is 0 Å². The molecule has 3 nitrogen and oxygen atoms in total. The summed E-state index contributed by atoms with van der Waals surface area (Å²) in [6.45, 7) is 2.12. The van der Waals surface area contributed by atoms with Crippen LogP contribution in [0.4, 0.5) is 0 Å². The second kappa shape index (κ2) is 7.81. The standard InChI is InChI=1S/C23H29NO2/c1-25-16-23(14-21-10-2-3-11-22(21)26-17-23)24-15-20-9-5-8-19(13-20)12-18-6-4-7-18/h2-3,5,8-11,13,18,24H,4,6-7,12,14-17H2,1H3. The molecule has 2 aromatic rings. The molecule has 0 radical (unpaired) electrons. The lowest BCUT2D eigenvalue weighted by atomic mass is 9.81. The average molecular weight is 351 g/mol. The fraction of sp³-hybridized carbons (Fsp3) is 0.478. The highest BCUT2D eigenvalue weighted by Crippen LogP contribution is 2.31. The largest absolute Gasteiger partial charge is 0.491 e. The molecule has 1 atom stereocenters. The van der Waals surface area contributed by atoms with Crippen LogP contribution < -0.4 is 10.1 Å². The Balaban J connectivity index is 1.43. The van der Waals surface area contributed by atoms with Crippen LogP contribution in [0.2, 0.25) is 0 Å². The van der Waals surface area contributed by atoms with Gasteiger partial charge in [0.2, 0.25) is 0 Å². The molecule has 1 aliphatic heterocycles. The third kappa shape index (κ3) is 3.94. The molecular formula is C23H29NO2. The highest BCUT2D eigenvalue weighted by molar-refractivity contribution is 5.37. The smallest absolute Gasteiger partial charge is 0.122 e. The second-order valence-electron chi connectivity index (χ2n) is 7.96. The Kier molecular flexibility index (Phi) is 5.28. The summed E-state index contributed by atoms with van der Waals surface area (Å²) in [4.78, 5) is 0. The van der Waals surface area contributed by atoms with Crippen molar-refractivity contribution in [2.75, 3.05) is 20.3 Å². The van der Waals surface area contributed by atoms with E-state index in [0.29, 0.717) is 13.2 Å². The van der Waals surface area contributed by atoms with Crippen molar-refractivity contribution in [3.8, 4) is 5.75 Å². The number of benzene rings is 2. The van der Waals surface area contributed by atoms with Crippen LogP contribution in [0.3, 0.4) is 0 Å². The van der Waals surface area contributed by atoms with Crippen molar-refractivity contribution in [3.63, 3.8) is 0 Å². The Bertz CT molecular complexity index is 740. The maximum atomic E-state index is 6.04. The van der Waals surface area contributed by atoms with Crippen LogP contribution in [0.1, 0.15) is 36.0 Å². The lowest BCUT2D eigenvalue weighted by molar-refractivity contribution is 0.0584. The SMILES string of the molecule is COCC1(NCc2cccc(CC3CCC3)c2)COc2ccccc2C1. The van der Waals surface area contributed by atoms with Crippen molar-refractivity contribution in [3.05, 3.63) is 65.2 Å². The normalized spacial score (nSPS) is 22.3. The minimum absolute atomic E-state index is 0.174. The molecule has 0 saturated heterocycles. The number of rotatable bonds is 7. The summed E-state index contributed by atoms with van der Waals surface area (Å²) in [6.07, 6.45) is 6.37. The van der Waals surface area contributed by atoms with Crippen molar-refractivity contribution < 1.29 is 9.47 Å². The van der Waals surface area contributed by atoms with Crippen molar-refractivity contribution in [2.24, 2.45) is 5.92 Å². The van der Waals surface area contributed by atoms with Crippen LogP contribution in [-0.4, -0.2) is 25.9 Å². The molecule has 4 rings (SSSR count). The van der Waals surface area contributed by atoms with E-state index in [2.05, 4.69) is 47.8 Å². The Labute approximate surface area is 156 Å². The molecule has 26 heavy (non-hydrogen) atoms. The van der Waals surface area contributed by atoms with Gasteiger partial charge in [-0.2, -0.15) is 0 Å². The number of nitrogens with one attached hydrogen (secondary N) is 1. The van der Waals surface area contributed by atoms with Gasteiger partial charge in [-0.3, -0.25) is 0 Å². The highest BCUT2D eigenvalue weighted by atomic mass is 16.5. The van der Waals surface area contributed by atoms with E-state index in [0.717, 1.165) is 24.6 Å². The lowest BCUT2D eigenvalue weighted by Crippen LogP contribution is -2.56. The summed E-state index contributed by atoms with van der Waals surface area (Å²) in [7, 11) is 1.77. The molecule has 2 aromatic carbocycles. The maximum Gasteiger partial charge on any atom is 0.122 e. The zero-order chi connectivity index (χ0) is 17.8. The minimum Gasteiger partial charge on any atom is -0.491 e. The molecule has 1 unspecified atom stereocenters. The number of para-hydroxylation sites is 1. The van der Waals surface area contributed by atoms with Gasteiger partial charge in [-0.05, 0) is 41.5 Å². The zero-order valence-electron chi connectivity index (χ0n) is 15.7. The quantitative estimate of drug-likeness (QED) is 0.813. The third-order valence-corrected chi connectivity index (χ3v) is 5.83. The van der Waals surface area contributed by atoms with Gasteiger partial charge in [-0.1, -0.05) is 61.7 Å². The van der Waals surface area contributed by atoms with Gasteiger partial charge in [-0.25, -0.2) is 0 Å². The third-order valence-electron chi connectivity index (χ3n) is 5.83. The molecule has 2 aliphatic rings. The van der Waals surface area contributed by atoms with Gasteiger partial charge >= 0.3 is 0 Å². The molecule has 0 amide bonds. The second-order valence-corrected chi connectivity index (χ2v) is 7.96. The van der Waals surface area contributed by atoms with E-state index < -0.39 is 0 Å². The van der Waals surface area contributed by atoms with Gasteiger partial charge in [0.05, 0.1) is 12.1 Å². The maximum absolute atomic E-state index is 6.04. The van der Waals surface area contributed by atoms with Gasteiger partial charge in [0, 0.05) is 13.7 Å². The molecular weight excluding hydrogens is 322 g/mol. The molecule has 0 bridgehead atoms. The summed E-state index contributed by atoms with van der Waals surface area (Å²) in [5.74, 6) is 1.91. The summed E-state index contributed by atoms with van der Waals surface area (Å²) in [6, 6.07) is 17.4. The van der Waals surface area contributed by atoms with Gasteiger partial charge in [0.25, 0.3) is 0 Å². The zero-order valence-corrected chi connectivity index (χ0v) is 15.7. The first-order valence-corrected chi connectivity index (χ1v) is 9.79. The van der Waals surface area contributed by atoms with Gasteiger partial charge in [0.1, 0.15) is 12.4 Å². The number of hydrogen-bond donors (Lipinski definition) is 1.